The molecule has 1 rings (SSSR count). The lowest BCUT2D eigenvalue weighted by Crippen LogP contribution is -2.28. The van der Waals surface area contributed by atoms with Crippen LogP contribution in [0.2, 0.25) is 0 Å². The Morgan fingerprint density at radius 3 is 2.89 bits per heavy atom. The second-order valence-electron chi connectivity index (χ2n) is 3.28. The molecule has 1 amide bonds. The Labute approximate surface area is 103 Å². The molecule has 7 nitrogen and oxygen atoms in total. The van der Waals surface area contributed by atoms with E-state index in [0.29, 0.717) is 0 Å². The maximum Gasteiger partial charge on any atom is 0.296 e. The number of terminal acetylenes is 1. The predicted molar refractivity (Wildman–Crippen MR) is 65.1 cm³/mol. The molecule has 18 heavy (non-hydrogen) atoms. The third-order valence-corrected chi connectivity index (χ3v) is 1.99. The Morgan fingerprint density at radius 2 is 2.28 bits per heavy atom. The van der Waals surface area contributed by atoms with Crippen molar-refractivity contribution >= 4 is 17.3 Å². The Hall–Kier alpha value is -2.59. The number of aromatic hydroxyl groups is 1. The minimum Gasteiger partial charge on any atom is -0.505 e. The van der Waals surface area contributed by atoms with Crippen molar-refractivity contribution in [3.05, 3.63) is 28.3 Å². The fourth-order valence-corrected chi connectivity index (χ4v) is 1.24. The Morgan fingerprint density at radius 1 is 1.56 bits per heavy atom. The molecule has 0 aliphatic carbocycles. The molecule has 0 heterocycles. The van der Waals surface area contributed by atoms with Gasteiger partial charge in [-0.3, -0.25) is 20.2 Å². The number of carbonyl (C=O) groups excluding carboxylic acids is 1. The van der Waals surface area contributed by atoms with Crippen molar-refractivity contribution in [2.45, 2.75) is 0 Å². The summed E-state index contributed by atoms with van der Waals surface area (Å²) in [7, 11) is 0. The van der Waals surface area contributed by atoms with Crippen LogP contribution in [0.1, 0.15) is 0 Å². The Balaban J connectivity index is 2.81. The molecule has 0 saturated carbocycles. The number of phenols is 1. The summed E-state index contributed by atoms with van der Waals surface area (Å²) in [6, 6.07) is 3.75. The van der Waals surface area contributed by atoms with Gasteiger partial charge in [0.2, 0.25) is 5.91 Å². The molecule has 0 unspecified atom stereocenters. The second-order valence-corrected chi connectivity index (χ2v) is 3.28. The average molecular weight is 249 g/mol. The number of carbonyl (C=O) groups is 1. The van der Waals surface area contributed by atoms with Crippen LogP contribution >= 0.6 is 0 Å². The van der Waals surface area contributed by atoms with Crippen molar-refractivity contribution in [3.8, 4) is 18.1 Å². The van der Waals surface area contributed by atoms with Crippen LogP contribution in [0.15, 0.2) is 18.2 Å². The number of hydrogen-bond acceptors (Lipinski definition) is 5. The third kappa shape index (κ3) is 3.47. The van der Waals surface area contributed by atoms with Gasteiger partial charge in [-0.1, -0.05) is 12.0 Å². The van der Waals surface area contributed by atoms with E-state index in [1.807, 2.05) is 0 Å². The first kappa shape index (κ1) is 13.5. The average Bonchev–Trinajstić information content (AvgIpc) is 2.31. The summed E-state index contributed by atoms with van der Waals surface area (Å²) in [5.74, 6) is 1.38. The normalized spacial score (nSPS) is 9.50. The van der Waals surface area contributed by atoms with Gasteiger partial charge in [0.25, 0.3) is 5.69 Å². The third-order valence-electron chi connectivity index (χ3n) is 1.99. The summed E-state index contributed by atoms with van der Waals surface area (Å²) < 4.78 is 0. The number of amides is 1. The molecule has 1 aromatic carbocycles. The highest BCUT2D eigenvalue weighted by molar-refractivity contribution is 5.96. The van der Waals surface area contributed by atoms with Gasteiger partial charge in [-0.2, -0.15) is 0 Å². The van der Waals surface area contributed by atoms with E-state index in [9.17, 15) is 20.0 Å². The van der Waals surface area contributed by atoms with Crippen LogP contribution in [0.4, 0.5) is 11.4 Å². The number of para-hydroxylation sites is 1. The quantitative estimate of drug-likeness (QED) is 0.231. The van der Waals surface area contributed by atoms with Crippen molar-refractivity contribution in [1.29, 1.82) is 0 Å². The molecular formula is C11H11N3O4. The summed E-state index contributed by atoms with van der Waals surface area (Å²) in [4.78, 5) is 21.5. The first-order valence-electron chi connectivity index (χ1n) is 4.96. The molecule has 1 aromatic rings. The van der Waals surface area contributed by atoms with Crippen LogP contribution in [0.25, 0.3) is 0 Å². The highest BCUT2D eigenvalue weighted by Gasteiger charge is 2.18. The van der Waals surface area contributed by atoms with E-state index in [0.717, 1.165) is 0 Å². The molecule has 0 aliphatic rings. The molecule has 0 aliphatic heterocycles. The van der Waals surface area contributed by atoms with Crippen molar-refractivity contribution in [1.82, 2.24) is 5.32 Å². The molecule has 0 fully saturated rings. The van der Waals surface area contributed by atoms with E-state index in [-0.39, 0.29) is 30.2 Å². The topological polar surface area (TPSA) is 104 Å². The van der Waals surface area contributed by atoms with Crippen LogP contribution in [0, 0.1) is 22.5 Å². The van der Waals surface area contributed by atoms with Crippen molar-refractivity contribution in [3.63, 3.8) is 0 Å². The lowest BCUT2D eigenvalue weighted by molar-refractivity contribution is -0.384. The molecular weight excluding hydrogens is 238 g/mol. The van der Waals surface area contributed by atoms with Crippen molar-refractivity contribution in [2.24, 2.45) is 0 Å². The fourth-order valence-electron chi connectivity index (χ4n) is 1.24. The van der Waals surface area contributed by atoms with Crippen LogP contribution in [0.3, 0.4) is 0 Å². The molecule has 94 valence electrons. The summed E-state index contributed by atoms with van der Waals surface area (Å²) >= 11 is 0. The maximum absolute atomic E-state index is 11.4. The number of nitrogens with one attached hydrogen (secondary N) is 2. The summed E-state index contributed by atoms with van der Waals surface area (Å²) in [6.07, 6.45) is 4.98. The minimum absolute atomic E-state index is 0.101. The van der Waals surface area contributed by atoms with E-state index in [2.05, 4.69) is 16.6 Å². The van der Waals surface area contributed by atoms with E-state index in [4.69, 9.17) is 6.42 Å². The van der Waals surface area contributed by atoms with Gasteiger partial charge in [-0.25, -0.2) is 0 Å². The van der Waals surface area contributed by atoms with Crippen LogP contribution < -0.4 is 10.6 Å². The molecule has 0 spiro atoms. The largest absolute Gasteiger partial charge is 0.505 e. The van der Waals surface area contributed by atoms with Gasteiger partial charge >= 0.3 is 0 Å². The molecule has 0 aromatic heterocycles. The smallest absolute Gasteiger partial charge is 0.296 e. The van der Waals surface area contributed by atoms with E-state index < -0.39 is 10.8 Å². The molecule has 7 heteroatoms. The number of rotatable bonds is 5. The number of hydrogen-bond donors (Lipinski definition) is 3. The molecule has 0 atom stereocenters. The van der Waals surface area contributed by atoms with Gasteiger partial charge in [0.15, 0.2) is 5.69 Å². The highest BCUT2D eigenvalue weighted by atomic mass is 16.6. The van der Waals surface area contributed by atoms with E-state index >= 15 is 0 Å². The number of benzene rings is 1. The number of anilines is 1. The Kier molecular flexibility index (Phi) is 4.66. The van der Waals surface area contributed by atoms with Gasteiger partial charge in [0, 0.05) is 6.07 Å². The molecule has 0 saturated heterocycles. The first-order chi connectivity index (χ1) is 8.56. The summed E-state index contributed by atoms with van der Waals surface area (Å²) in [6.45, 7) is 0.103. The first-order valence-corrected chi connectivity index (χ1v) is 4.96. The standard InChI is InChI=1S/C11H11N3O4/c1-2-6-12-7-10(16)13-11-8(14(17)18)4-3-5-9(11)15/h1,3-5,12,15H,6-7H2,(H,13,16). The van der Waals surface area contributed by atoms with Crippen LogP contribution in [-0.4, -0.2) is 29.0 Å². The monoisotopic (exact) mass is 249 g/mol. The number of nitro groups is 1. The number of phenolic OH excluding ortho intramolecular Hbond substituents is 1. The van der Waals surface area contributed by atoms with E-state index in [1.165, 1.54) is 18.2 Å². The van der Waals surface area contributed by atoms with Gasteiger partial charge < -0.3 is 10.4 Å². The maximum atomic E-state index is 11.4. The fraction of sp³-hybridized carbons (Fsp3) is 0.182. The van der Waals surface area contributed by atoms with E-state index in [1.54, 1.807) is 0 Å². The highest BCUT2D eigenvalue weighted by Crippen LogP contribution is 2.32. The van der Waals surface area contributed by atoms with Gasteiger partial charge in [-0.05, 0) is 6.07 Å². The van der Waals surface area contributed by atoms with Crippen LogP contribution in [-0.2, 0) is 4.79 Å². The minimum atomic E-state index is -0.690. The lowest BCUT2D eigenvalue weighted by Gasteiger charge is -2.07. The van der Waals surface area contributed by atoms with Crippen molar-refractivity contribution in [2.75, 3.05) is 18.4 Å². The zero-order chi connectivity index (χ0) is 13.5. The Bertz CT molecular complexity index is 508. The predicted octanol–water partition coefficient (Wildman–Crippen LogP) is 0.462. The zero-order valence-corrected chi connectivity index (χ0v) is 9.34. The molecule has 0 radical (unpaired) electrons. The zero-order valence-electron chi connectivity index (χ0n) is 9.34. The SMILES string of the molecule is C#CCNCC(=O)Nc1c(O)cccc1[N+](=O)[O-]. The molecule has 0 bridgehead atoms. The number of nitro benzene ring substituents is 1. The van der Waals surface area contributed by atoms with Gasteiger partial charge in [-0.15, -0.1) is 6.42 Å². The van der Waals surface area contributed by atoms with Gasteiger partial charge in [0.05, 0.1) is 18.0 Å². The van der Waals surface area contributed by atoms with Crippen LogP contribution in [0.5, 0.6) is 5.75 Å². The molecule has 3 N–H and O–H groups in total. The van der Waals surface area contributed by atoms with Crippen molar-refractivity contribution < 1.29 is 14.8 Å². The lowest BCUT2D eigenvalue weighted by atomic mass is 10.2. The summed E-state index contributed by atoms with van der Waals surface area (Å²) in [5, 5.41) is 25.1. The van der Waals surface area contributed by atoms with Gasteiger partial charge in [0.1, 0.15) is 5.75 Å². The summed E-state index contributed by atoms with van der Waals surface area (Å²) in [5.41, 5.74) is -0.602. The second kappa shape index (κ2) is 6.22. The number of nitrogens with zero attached hydrogens (tertiary/aromatic N) is 1.